The van der Waals surface area contributed by atoms with Crippen LogP contribution in [0.3, 0.4) is 0 Å². The summed E-state index contributed by atoms with van der Waals surface area (Å²) in [5.74, 6) is 0. The number of hydrogen-bond donors (Lipinski definition) is 1. The van der Waals surface area contributed by atoms with Crippen molar-refractivity contribution in [2.75, 3.05) is 0 Å². The fourth-order valence-electron chi connectivity index (χ4n) is 1.71. The Morgan fingerprint density at radius 1 is 1.24 bits per heavy atom. The Morgan fingerprint density at radius 3 is 2.76 bits per heavy atom. The van der Waals surface area contributed by atoms with E-state index in [1.807, 2.05) is 18.3 Å². The molecule has 1 unspecified atom stereocenters. The van der Waals surface area contributed by atoms with E-state index in [-0.39, 0.29) is 0 Å². The molecule has 0 radical (unpaired) electrons. The first-order valence-electron chi connectivity index (χ1n) is 5.64. The second kappa shape index (κ2) is 5.94. The number of pyridine rings is 1. The summed E-state index contributed by atoms with van der Waals surface area (Å²) >= 11 is 3.57. The van der Waals surface area contributed by atoms with Crippen LogP contribution in [-0.4, -0.2) is 4.98 Å². The van der Waals surface area contributed by atoms with Gasteiger partial charge >= 0.3 is 0 Å². The predicted molar refractivity (Wildman–Crippen MR) is 73.6 cm³/mol. The number of rotatable bonds is 4. The van der Waals surface area contributed by atoms with Gasteiger partial charge in [-0.2, -0.15) is 0 Å². The van der Waals surface area contributed by atoms with Crippen molar-refractivity contribution in [2.24, 2.45) is 0 Å². The van der Waals surface area contributed by atoms with Crippen molar-refractivity contribution in [1.82, 2.24) is 10.3 Å². The van der Waals surface area contributed by atoms with Gasteiger partial charge < -0.3 is 5.32 Å². The molecule has 0 spiro atoms. The fourth-order valence-corrected chi connectivity index (χ4v) is 2.34. The van der Waals surface area contributed by atoms with Crippen molar-refractivity contribution in [3.63, 3.8) is 0 Å². The van der Waals surface area contributed by atoms with Gasteiger partial charge in [0.05, 0.1) is 0 Å². The monoisotopic (exact) mass is 290 g/mol. The van der Waals surface area contributed by atoms with Gasteiger partial charge in [-0.05, 0) is 30.2 Å². The fraction of sp³-hybridized carbons (Fsp3) is 0.214. The molecular weight excluding hydrogens is 276 g/mol. The summed E-state index contributed by atoms with van der Waals surface area (Å²) in [7, 11) is 0. The van der Waals surface area contributed by atoms with Crippen molar-refractivity contribution < 1.29 is 0 Å². The minimum atomic E-state index is 0.311. The van der Waals surface area contributed by atoms with Crippen LogP contribution in [-0.2, 0) is 6.54 Å². The summed E-state index contributed by atoms with van der Waals surface area (Å²) in [5, 5.41) is 3.49. The smallest absolute Gasteiger partial charge is 0.0312 e. The number of halogens is 1. The lowest BCUT2D eigenvalue weighted by atomic mass is 10.1. The molecule has 0 saturated carbocycles. The van der Waals surface area contributed by atoms with E-state index in [4.69, 9.17) is 0 Å². The zero-order valence-electron chi connectivity index (χ0n) is 9.73. The van der Waals surface area contributed by atoms with E-state index in [9.17, 15) is 0 Å². The molecule has 0 bridgehead atoms. The van der Waals surface area contributed by atoms with Gasteiger partial charge in [-0.15, -0.1) is 0 Å². The SMILES string of the molecule is CC(NCc1cccnc1)c1ccccc1Br. The molecule has 0 fully saturated rings. The maximum absolute atomic E-state index is 4.10. The molecule has 2 nitrogen and oxygen atoms in total. The van der Waals surface area contributed by atoms with Gasteiger partial charge in [0.25, 0.3) is 0 Å². The lowest BCUT2D eigenvalue weighted by Gasteiger charge is -2.15. The minimum Gasteiger partial charge on any atom is -0.306 e. The Hall–Kier alpha value is -1.19. The highest BCUT2D eigenvalue weighted by molar-refractivity contribution is 9.10. The van der Waals surface area contributed by atoms with Crippen LogP contribution in [0.4, 0.5) is 0 Å². The molecule has 1 aromatic heterocycles. The van der Waals surface area contributed by atoms with Gasteiger partial charge in [0.2, 0.25) is 0 Å². The minimum absolute atomic E-state index is 0.311. The molecule has 2 rings (SSSR count). The Balaban J connectivity index is 1.99. The molecule has 1 heterocycles. The Morgan fingerprint density at radius 2 is 2.06 bits per heavy atom. The highest BCUT2D eigenvalue weighted by Gasteiger charge is 2.07. The van der Waals surface area contributed by atoms with Crippen molar-refractivity contribution in [3.8, 4) is 0 Å². The molecule has 0 aliphatic carbocycles. The zero-order valence-corrected chi connectivity index (χ0v) is 11.3. The van der Waals surface area contributed by atoms with Crippen LogP contribution < -0.4 is 5.32 Å². The van der Waals surface area contributed by atoms with Crippen LogP contribution in [0.1, 0.15) is 24.1 Å². The number of aromatic nitrogens is 1. The van der Waals surface area contributed by atoms with Gasteiger partial charge in [-0.1, -0.05) is 40.2 Å². The third kappa shape index (κ3) is 3.38. The molecule has 88 valence electrons. The zero-order chi connectivity index (χ0) is 12.1. The number of benzene rings is 1. The summed E-state index contributed by atoms with van der Waals surface area (Å²) in [6.45, 7) is 2.99. The quantitative estimate of drug-likeness (QED) is 0.929. The summed E-state index contributed by atoms with van der Waals surface area (Å²) in [6, 6.07) is 12.6. The van der Waals surface area contributed by atoms with Gasteiger partial charge in [0.1, 0.15) is 0 Å². The third-order valence-corrected chi connectivity index (χ3v) is 3.43. The highest BCUT2D eigenvalue weighted by atomic mass is 79.9. The first-order valence-corrected chi connectivity index (χ1v) is 6.43. The van der Waals surface area contributed by atoms with E-state index in [0.29, 0.717) is 6.04 Å². The molecule has 1 N–H and O–H groups in total. The van der Waals surface area contributed by atoms with Gasteiger partial charge in [-0.25, -0.2) is 0 Å². The summed E-state index contributed by atoms with van der Waals surface area (Å²) < 4.78 is 1.14. The van der Waals surface area contributed by atoms with E-state index in [1.165, 1.54) is 11.1 Å². The number of nitrogens with zero attached hydrogens (tertiary/aromatic N) is 1. The normalized spacial score (nSPS) is 12.4. The molecule has 0 saturated heterocycles. The molecule has 0 aliphatic heterocycles. The van der Waals surface area contributed by atoms with E-state index in [0.717, 1.165) is 11.0 Å². The van der Waals surface area contributed by atoms with Crippen LogP contribution in [0.25, 0.3) is 0 Å². The Bertz CT molecular complexity index is 471. The topological polar surface area (TPSA) is 24.9 Å². The maximum atomic E-state index is 4.10. The predicted octanol–water partition coefficient (Wildman–Crippen LogP) is 3.69. The molecule has 0 amide bonds. The Kier molecular flexibility index (Phi) is 4.29. The van der Waals surface area contributed by atoms with Crippen LogP contribution in [0.5, 0.6) is 0 Å². The van der Waals surface area contributed by atoms with Crippen molar-refractivity contribution in [2.45, 2.75) is 19.5 Å². The van der Waals surface area contributed by atoms with E-state index in [1.54, 1.807) is 6.20 Å². The Labute approximate surface area is 110 Å². The molecule has 17 heavy (non-hydrogen) atoms. The van der Waals surface area contributed by atoms with Gasteiger partial charge in [0.15, 0.2) is 0 Å². The average molecular weight is 291 g/mol. The largest absolute Gasteiger partial charge is 0.306 e. The van der Waals surface area contributed by atoms with Crippen molar-refractivity contribution in [1.29, 1.82) is 0 Å². The van der Waals surface area contributed by atoms with Gasteiger partial charge in [-0.3, -0.25) is 4.98 Å². The second-order valence-electron chi connectivity index (χ2n) is 3.99. The molecule has 1 atom stereocenters. The van der Waals surface area contributed by atoms with Crippen LogP contribution in [0.15, 0.2) is 53.3 Å². The third-order valence-electron chi connectivity index (χ3n) is 2.71. The summed E-state index contributed by atoms with van der Waals surface area (Å²) in [4.78, 5) is 4.10. The van der Waals surface area contributed by atoms with Crippen molar-refractivity contribution >= 4 is 15.9 Å². The molecular formula is C14H15BrN2. The molecule has 1 aromatic carbocycles. The number of nitrogens with one attached hydrogen (secondary N) is 1. The van der Waals surface area contributed by atoms with E-state index >= 15 is 0 Å². The maximum Gasteiger partial charge on any atom is 0.0312 e. The van der Waals surface area contributed by atoms with Crippen molar-refractivity contribution in [3.05, 3.63) is 64.4 Å². The highest BCUT2D eigenvalue weighted by Crippen LogP contribution is 2.22. The standard InChI is InChI=1S/C14H15BrN2/c1-11(13-6-2-3-7-14(13)15)17-10-12-5-4-8-16-9-12/h2-9,11,17H,10H2,1H3. The van der Waals surface area contributed by atoms with Crippen LogP contribution >= 0.6 is 15.9 Å². The lowest BCUT2D eigenvalue weighted by Crippen LogP contribution is -2.18. The average Bonchev–Trinajstić information content (AvgIpc) is 2.38. The van der Waals surface area contributed by atoms with E-state index < -0.39 is 0 Å². The molecule has 0 aliphatic rings. The second-order valence-corrected chi connectivity index (χ2v) is 4.84. The molecule has 3 heteroatoms. The van der Waals surface area contributed by atoms with Crippen LogP contribution in [0.2, 0.25) is 0 Å². The van der Waals surface area contributed by atoms with Crippen LogP contribution in [0, 0.1) is 0 Å². The molecule has 2 aromatic rings. The first kappa shape index (κ1) is 12.3. The van der Waals surface area contributed by atoms with E-state index in [2.05, 4.69) is 57.4 Å². The lowest BCUT2D eigenvalue weighted by molar-refractivity contribution is 0.572. The van der Waals surface area contributed by atoms with Gasteiger partial charge in [0, 0.05) is 29.5 Å². The summed E-state index contributed by atoms with van der Waals surface area (Å²) in [5.41, 5.74) is 2.47. The first-order chi connectivity index (χ1) is 8.27. The number of hydrogen-bond acceptors (Lipinski definition) is 2. The summed E-state index contributed by atoms with van der Waals surface area (Å²) in [6.07, 6.45) is 3.68.